The number of nitrogens with one attached hydrogen (secondary N) is 1. The van der Waals surface area contributed by atoms with Crippen LogP contribution in [-0.2, 0) is 0 Å². The predicted molar refractivity (Wildman–Crippen MR) is 53.0 cm³/mol. The summed E-state index contributed by atoms with van der Waals surface area (Å²) in [6.07, 6.45) is 2.51. The summed E-state index contributed by atoms with van der Waals surface area (Å²) < 4.78 is 0. The van der Waals surface area contributed by atoms with Crippen LogP contribution in [0.3, 0.4) is 0 Å². The molecule has 1 rings (SSSR count). The molecule has 0 saturated carbocycles. The maximum Gasteiger partial charge on any atom is 0.0194 e. The van der Waals surface area contributed by atoms with Crippen LogP contribution in [0.15, 0.2) is 0 Å². The van der Waals surface area contributed by atoms with Crippen molar-refractivity contribution < 1.29 is 0 Å². The number of hydrogen-bond acceptors (Lipinski definition) is 2. The van der Waals surface area contributed by atoms with Gasteiger partial charge in [-0.05, 0) is 30.7 Å². The molecular weight excluding hydrogens is 148 g/mol. The molecule has 2 atom stereocenters. The van der Waals surface area contributed by atoms with Crippen LogP contribution in [0.1, 0.15) is 33.6 Å². The Bertz CT molecular complexity index is 137. The van der Waals surface area contributed by atoms with Gasteiger partial charge in [-0.25, -0.2) is 0 Å². The maximum absolute atomic E-state index is 6.02. The molecule has 0 aromatic rings. The minimum Gasteiger partial charge on any atom is -0.326 e. The monoisotopic (exact) mass is 170 g/mol. The third-order valence-electron chi connectivity index (χ3n) is 2.55. The molecule has 1 aliphatic rings. The summed E-state index contributed by atoms with van der Waals surface area (Å²) in [5.74, 6) is 0.728. The molecule has 2 unspecified atom stereocenters. The van der Waals surface area contributed by atoms with Gasteiger partial charge in [0.15, 0.2) is 0 Å². The van der Waals surface area contributed by atoms with Gasteiger partial charge in [0, 0.05) is 12.6 Å². The topological polar surface area (TPSA) is 38.0 Å². The van der Waals surface area contributed by atoms with Crippen molar-refractivity contribution in [3.05, 3.63) is 0 Å². The summed E-state index contributed by atoms with van der Waals surface area (Å²) >= 11 is 0. The van der Waals surface area contributed by atoms with Crippen LogP contribution < -0.4 is 11.1 Å². The Labute approximate surface area is 75.9 Å². The summed E-state index contributed by atoms with van der Waals surface area (Å²) in [5.41, 5.74) is 6.45. The molecule has 1 heterocycles. The number of nitrogens with two attached hydrogens (primary N) is 1. The molecule has 0 spiro atoms. The van der Waals surface area contributed by atoms with Crippen LogP contribution in [-0.4, -0.2) is 19.1 Å². The van der Waals surface area contributed by atoms with Crippen LogP contribution in [0.25, 0.3) is 0 Å². The van der Waals surface area contributed by atoms with E-state index in [0.29, 0.717) is 11.5 Å². The molecular formula is C10H22N2. The average Bonchev–Trinajstić information content (AvgIpc) is 1.91. The van der Waals surface area contributed by atoms with Gasteiger partial charge < -0.3 is 11.1 Å². The van der Waals surface area contributed by atoms with E-state index in [1.165, 1.54) is 12.8 Å². The van der Waals surface area contributed by atoms with Crippen LogP contribution in [0.5, 0.6) is 0 Å². The number of hydrogen-bond donors (Lipinski definition) is 2. The second-order valence-electron chi connectivity index (χ2n) is 5.18. The van der Waals surface area contributed by atoms with E-state index in [1.807, 2.05) is 0 Å². The lowest BCUT2D eigenvalue weighted by molar-refractivity contribution is 0.223. The lowest BCUT2D eigenvalue weighted by Crippen LogP contribution is -2.47. The zero-order chi connectivity index (χ0) is 9.19. The van der Waals surface area contributed by atoms with Gasteiger partial charge in [-0.15, -0.1) is 0 Å². The predicted octanol–water partition coefficient (Wildman–Crippen LogP) is 1.36. The molecule has 0 aliphatic carbocycles. The molecule has 2 nitrogen and oxygen atoms in total. The highest BCUT2D eigenvalue weighted by Crippen LogP contribution is 2.28. The van der Waals surface area contributed by atoms with Crippen molar-refractivity contribution >= 4 is 0 Å². The SMILES string of the molecule is CC(C)(C)CC1CCNCC1N. The standard InChI is InChI=1S/C10H22N2/c1-10(2,3)6-8-4-5-12-7-9(8)11/h8-9,12H,4-7,11H2,1-3H3. The van der Waals surface area contributed by atoms with Gasteiger partial charge in [0.1, 0.15) is 0 Å². The summed E-state index contributed by atoms with van der Waals surface area (Å²) in [6, 6.07) is 0.373. The van der Waals surface area contributed by atoms with Crippen molar-refractivity contribution in [2.75, 3.05) is 13.1 Å². The van der Waals surface area contributed by atoms with Gasteiger partial charge in [-0.2, -0.15) is 0 Å². The second-order valence-corrected chi connectivity index (χ2v) is 5.18. The van der Waals surface area contributed by atoms with Gasteiger partial charge in [0.2, 0.25) is 0 Å². The van der Waals surface area contributed by atoms with Gasteiger partial charge in [-0.3, -0.25) is 0 Å². The van der Waals surface area contributed by atoms with E-state index in [4.69, 9.17) is 5.73 Å². The highest BCUT2D eigenvalue weighted by molar-refractivity contribution is 4.83. The van der Waals surface area contributed by atoms with Crippen molar-refractivity contribution in [1.82, 2.24) is 5.32 Å². The molecule has 12 heavy (non-hydrogen) atoms. The molecule has 0 aromatic heterocycles. The fourth-order valence-corrected chi connectivity index (χ4v) is 1.98. The first-order valence-corrected chi connectivity index (χ1v) is 4.95. The quantitative estimate of drug-likeness (QED) is 0.623. The number of piperidine rings is 1. The Morgan fingerprint density at radius 2 is 2.08 bits per heavy atom. The van der Waals surface area contributed by atoms with E-state index in [9.17, 15) is 0 Å². The highest BCUT2D eigenvalue weighted by Gasteiger charge is 2.25. The van der Waals surface area contributed by atoms with E-state index >= 15 is 0 Å². The Morgan fingerprint density at radius 3 is 2.58 bits per heavy atom. The van der Waals surface area contributed by atoms with Gasteiger partial charge >= 0.3 is 0 Å². The molecule has 1 saturated heterocycles. The third kappa shape index (κ3) is 3.11. The Kier molecular flexibility index (Phi) is 3.13. The Balaban J connectivity index is 2.39. The molecule has 3 N–H and O–H groups in total. The zero-order valence-corrected chi connectivity index (χ0v) is 8.56. The van der Waals surface area contributed by atoms with Crippen LogP contribution in [0.2, 0.25) is 0 Å². The summed E-state index contributed by atoms with van der Waals surface area (Å²) in [6.45, 7) is 9.03. The normalized spacial score (nSPS) is 32.0. The van der Waals surface area contributed by atoms with E-state index in [2.05, 4.69) is 26.1 Å². The number of rotatable bonds is 1. The summed E-state index contributed by atoms with van der Waals surface area (Å²) in [4.78, 5) is 0. The van der Waals surface area contributed by atoms with Crippen molar-refractivity contribution in [2.45, 2.75) is 39.7 Å². The molecule has 0 bridgehead atoms. The molecule has 0 radical (unpaired) electrons. The third-order valence-corrected chi connectivity index (χ3v) is 2.55. The largest absolute Gasteiger partial charge is 0.326 e. The fraction of sp³-hybridized carbons (Fsp3) is 1.00. The first-order chi connectivity index (χ1) is 5.49. The molecule has 2 heteroatoms. The Morgan fingerprint density at radius 1 is 1.42 bits per heavy atom. The molecule has 1 aliphatic heterocycles. The Hall–Kier alpha value is -0.0800. The van der Waals surface area contributed by atoms with E-state index in [1.54, 1.807) is 0 Å². The van der Waals surface area contributed by atoms with E-state index in [0.717, 1.165) is 19.0 Å². The lowest BCUT2D eigenvalue weighted by atomic mass is 9.79. The smallest absolute Gasteiger partial charge is 0.0194 e. The van der Waals surface area contributed by atoms with Crippen molar-refractivity contribution in [3.8, 4) is 0 Å². The summed E-state index contributed by atoms with van der Waals surface area (Å²) in [5, 5.41) is 3.33. The first kappa shape index (κ1) is 10.0. The minimum absolute atomic E-state index is 0.373. The zero-order valence-electron chi connectivity index (χ0n) is 8.56. The van der Waals surface area contributed by atoms with Crippen LogP contribution in [0, 0.1) is 11.3 Å². The highest BCUT2D eigenvalue weighted by atomic mass is 14.9. The van der Waals surface area contributed by atoms with Gasteiger partial charge in [0.25, 0.3) is 0 Å². The minimum atomic E-state index is 0.373. The average molecular weight is 170 g/mol. The van der Waals surface area contributed by atoms with E-state index < -0.39 is 0 Å². The first-order valence-electron chi connectivity index (χ1n) is 4.95. The molecule has 1 fully saturated rings. The van der Waals surface area contributed by atoms with Crippen LogP contribution in [0.4, 0.5) is 0 Å². The molecule has 0 aromatic carbocycles. The van der Waals surface area contributed by atoms with E-state index in [-0.39, 0.29) is 0 Å². The lowest BCUT2D eigenvalue weighted by Gasteiger charge is -2.34. The van der Waals surface area contributed by atoms with Crippen molar-refractivity contribution in [1.29, 1.82) is 0 Å². The fourth-order valence-electron chi connectivity index (χ4n) is 1.98. The van der Waals surface area contributed by atoms with Gasteiger partial charge in [0.05, 0.1) is 0 Å². The summed E-state index contributed by atoms with van der Waals surface area (Å²) in [7, 11) is 0. The molecule has 0 amide bonds. The van der Waals surface area contributed by atoms with Crippen molar-refractivity contribution in [3.63, 3.8) is 0 Å². The van der Waals surface area contributed by atoms with Gasteiger partial charge in [-0.1, -0.05) is 20.8 Å². The molecule has 72 valence electrons. The second kappa shape index (κ2) is 3.75. The van der Waals surface area contributed by atoms with Crippen molar-refractivity contribution in [2.24, 2.45) is 17.1 Å². The maximum atomic E-state index is 6.02. The van der Waals surface area contributed by atoms with Crippen LogP contribution >= 0.6 is 0 Å².